The van der Waals surface area contributed by atoms with Gasteiger partial charge in [0.25, 0.3) is 0 Å². The van der Waals surface area contributed by atoms with E-state index in [1.54, 1.807) is 12.4 Å². The van der Waals surface area contributed by atoms with Crippen molar-refractivity contribution in [3.63, 3.8) is 0 Å². The third-order valence-electron chi connectivity index (χ3n) is 3.32. The van der Waals surface area contributed by atoms with E-state index in [1.807, 2.05) is 48.5 Å². The molecule has 0 fully saturated rings. The van der Waals surface area contributed by atoms with Crippen LogP contribution < -0.4 is 10.6 Å². The molecule has 1 N–H and O–H groups in total. The van der Waals surface area contributed by atoms with Crippen molar-refractivity contribution < 1.29 is 5.11 Å². The number of hydrogen-bond acceptors (Lipinski definition) is 2. The first-order chi connectivity index (χ1) is 10.4. The van der Waals surface area contributed by atoms with E-state index >= 15 is 0 Å². The van der Waals surface area contributed by atoms with Gasteiger partial charge in [0.2, 0.25) is 0 Å². The molecule has 2 nitrogen and oxygen atoms in total. The Morgan fingerprint density at radius 2 is 1.19 bits per heavy atom. The molecule has 0 amide bonds. The summed E-state index contributed by atoms with van der Waals surface area (Å²) in [6.07, 6.45) is 3.45. The minimum Gasteiger partial charge on any atom is -0.383 e. The van der Waals surface area contributed by atoms with Gasteiger partial charge in [-0.05, 0) is 36.2 Å². The Balaban J connectivity index is 2.05. The molecule has 3 rings (SSSR count). The molecule has 0 saturated heterocycles. The highest BCUT2D eigenvalue weighted by Crippen LogP contribution is 2.47. The molecule has 0 radical (unpaired) electrons. The summed E-state index contributed by atoms with van der Waals surface area (Å²) in [7, 11) is -0.861. The number of aliphatic hydroxyl groups is 1. The van der Waals surface area contributed by atoms with E-state index in [9.17, 15) is 5.11 Å². The van der Waals surface area contributed by atoms with Gasteiger partial charge in [-0.2, -0.15) is 0 Å². The van der Waals surface area contributed by atoms with Gasteiger partial charge in [0, 0.05) is 12.4 Å². The van der Waals surface area contributed by atoms with Gasteiger partial charge < -0.3 is 5.11 Å². The Labute approximate surface area is 125 Å². The van der Waals surface area contributed by atoms with Crippen molar-refractivity contribution in [2.24, 2.45) is 0 Å². The summed E-state index contributed by atoms with van der Waals surface area (Å²) in [5.74, 6) is -0.534. The lowest BCUT2D eigenvalue weighted by Gasteiger charge is -2.24. The van der Waals surface area contributed by atoms with Gasteiger partial charge >= 0.3 is 0 Å². The highest BCUT2D eigenvalue weighted by atomic mass is 31.1. The predicted octanol–water partition coefficient (Wildman–Crippen LogP) is 3.21. The van der Waals surface area contributed by atoms with Gasteiger partial charge in [0.15, 0.2) is 0 Å². The van der Waals surface area contributed by atoms with Crippen LogP contribution >= 0.6 is 7.92 Å². The highest BCUT2D eigenvalue weighted by molar-refractivity contribution is 7.73. The molecule has 1 heterocycles. The zero-order chi connectivity index (χ0) is 14.5. The maximum atomic E-state index is 10.9. The van der Waals surface area contributed by atoms with E-state index in [4.69, 9.17) is 0 Å². The van der Waals surface area contributed by atoms with Crippen LogP contribution in [0.15, 0.2) is 85.2 Å². The van der Waals surface area contributed by atoms with Gasteiger partial charge in [-0.25, -0.2) is 0 Å². The summed E-state index contributed by atoms with van der Waals surface area (Å²) >= 11 is 0. The molecule has 104 valence electrons. The van der Waals surface area contributed by atoms with Gasteiger partial charge in [0.05, 0.1) is 0 Å². The van der Waals surface area contributed by atoms with Crippen LogP contribution in [0.2, 0.25) is 0 Å². The van der Waals surface area contributed by atoms with Crippen molar-refractivity contribution in [1.82, 2.24) is 4.98 Å². The largest absolute Gasteiger partial charge is 0.383 e. The number of aliphatic hydroxyl groups excluding tert-OH is 1. The molecule has 1 atom stereocenters. The van der Waals surface area contributed by atoms with E-state index in [-0.39, 0.29) is 0 Å². The lowest BCUT2D eigenvalue weighted by molar-refractivity contribution is 0.266. The molecule has 0 bridgehead atoms. The fourth-order valence-corrected chi connectivity index (χ4v) is 4.61. The smallest absolute Gasteiger partial charge is 0.106 e. The van der Waals surface area contributed by atoms with Crippen molar-refractivity contribution in [3.05, 3.63) is 90.8 Å². The maximum Gasteiger partial charge on any atom is 0.106 e. The van der Waals surface area contributed by atoms with Crippen LogP contribution in [0.25, 0.3) is 0 Å². The number of nitrogens with zero attached hydrogens (tertiary/aromatic N) is 1. The van der Waals surface area contributed by atoms with Gasteiger partial charge in [-0.1, -0.05) is 60.7 Å². The molecule has 0 spiro atoms. The van der Waals surface area contributed by atoms with Crippen molar-refractivity contribution in [1.29, 1.82) is 0 Å². The number of hydrogen-bond donors (Lipinski definition) is 1. The fraction of sp³-hybridized carbons (Fsp3) is 0.0556. The monoisotopic (exact) mass is 293 g/mol. The minimum absolute atomic E-state index is 0.534. The normalized spacial score (nSPS) is 12.3. The molecule has 3 aromatic rings. The summed E-state index contributed by atoms with van der Waals surface area (Å²) in [5, 5.41) is 13.2. The first-order valence-electron chi connectivity index (χ1n) is 6.83. The van der Waals surface area contributed by atoms with Crippen LogP contribution in [0.1, 0.15) is 11.4 Å². The van der Waals surface area contributed by atoms with E-state index in [1.165, 1.54) is 10.6 Å². The molecule has 0 aliphatic heterocycles. The van der Waals surface area contributed by atoms with Crippen molar-refractivity contribution >= 4 is 18.5 Å². The number of benzene rings is 2. The third kappa shape index (κ3) is 3.18. The maximum absolute atomic E-state index is 10.9. The summed E-state index contributed by atoms with van der Waals surface area (Å²) < 4.78 is 0. The molecule has 1 aromatic heterocycles. The van der Waals surface area contributed by atoms with Crippen LogP contribution in [0, 0.1) is 0 Å². The number of aromatic nitrogens is 1. The lowest BCUT2D eigenvalue weighted by Crippen LogP contribution is -2.16. The minimum atomic E-state index is -0.861. The van der Waals surface area contributed by atoms with E-state index in [0.717, 1.165) is 5.56 Å². The van der Waals surface area contributed by atoms with Gasteiger partial charge in [0.1, 0.15) is 5.85 Å². The average molecular weight is 293 g/mol. The summed E-state index contributed by atoms with van der Waals surface area (Å²) in [6, 6.07) is 24.2. The fourth-order valence-electron chi connectivity index (χ4n) is 2.29. The molecular formula is C18H16NOP. The SMILES string of the molecule is OC(c1ccncc1)P(c1ccccc1)c1ccccc1. The zero-order valence-electron chi connectivity index (χ0n) is 11.5. The van der Waals surface area contributed by atoms with Crippen molar-refractivity contribution in [2.45, 2.75) is 5.85 Å². The van der Waals surface area contributed by atoms with Crippen LogP contribution in [0.3, 0.4) is 0 Å². The van der Waals surface area contributed by atoms with Crippen LogP contribution in [0.5, 0.6) is 0 Å². The molecule has 3 heteroatoms. The van der Waals surface area contributed by atoms with E-state index < -0.39 is 13.8 Å². The molecule has 0 aliphatic carbocycles. The summed E-state index contributed by atoms with van der Waals surface area (Å²) in [6.45, 7) is 0. The highest BCUT2D eigenvalue weighted by Gasteiger charge is 2.23. The second kappa shape index (κ2) is 6.62. The first-order valence-corrected chi connectivity index (χ1v) is 8.24. The topological polar surface area (TPSA) is 33.1 Å². The third-order valence-corrected chi connectivity index (χ3v) is 5.81. The molecule has 2 aromatic carbocycles. The van der Waals surface area contributed by atoms with E-state index in [0.29, 0.717) is 0 Å². The Morgan fingerprint density at radius 3 is 1.67 bits per heavy atom. The lowest BCUT2D eigenvalue weighted by atomic mass is 10.3. The molecule has 1 unspecified atom stereocenters. The molecular weight excluding hydrogens is 277 g/mol. The van der Waals surface area contributed by atoms with Crippen molar-refractivity contribution in [2.75, 3.05) is 0 Å². The Kier molecular flexibility index (Phi) is 4.40. The van der Waals surface area contributed by atoms with E-state index in [2.05, 4.69) is 29.2 Å². The molecule has 21 heavy (non-hydrogen) atoms. The second-order valence-corrected chi connectivity index (χ2v) is 6.96. The Bertz CT molecular complexity index is 634. The quantitative estimate of drug-likeness (QED) is 0.749. The summed E-state index contributed by atoms with van der Waals surface area (Å²) in [5.41, 5.74) is 0.906. The van der Waals surface area contributed by atoms with Crippen molar-refractivity contribution in [3.8, 4) is 0 Å². The standard InChI is InChI=1S/C18H16NOP/c20-18(15-11-13-19-14-12-15)21(16-7-3-1-4-8-16)17-9-5-2-6-10-17/h1-14,18,20H. The second-order valence-electron chi connectivity index (χ2n) is 4.70. The van der Waals surface area contributed by atoms with Crippen LogP contribution in [-0.4, -0.2) is 10.1 Å². The number of pyridine rings is 1. The van der Waals surface area contributed by atoms with Gasteiger partial charge in [-0.3, -0.25) is 4.98 Å². The first kappa shape index (κ1) is 13.9. The average Bonchev–Trinajstić information content (AvgIpc) is 2.58. The van der Waals surface area contributed by atoms with Gasteiger partial charge in [-0.15, -0.1) is 0 Å². The Morgan fingerprint density at radius 1 is 0.714 bits per heavy atom. The van der Waals surface area contributed by atoms with Crippen LogP contribution in [0.4, 0.5) is 0 Å². The molecule has 0 saturated carbocycles. The Hall–Kier alpha value is -2.02. The molecule has 0 aliphatic rings. The predicted molar refractivity (Wildman–Crippen MR) is 88.3 cm³/mol. The van der Waals surface area contributed by atoms with Crippen LogP contribution in [-0.2, 0) is 0 Å². The summed E-state index contributed by atoms with van der Waals surface area (Å²) in [4.78, 5) is 4.03. The zero-order valence-corrected chi connectivity index (χ0v) is 12.4. The number of rotatable bonds is 4.